The Labute approximate surface area is 115 Å². The van der Waals surface area contributed by atoms with Crippen LogP contribution in [0.5, 0.6) is 5.88 Å². The first kappa shape index (κ1) is 14.1. The van der Waals surface area contributed by atoms with E-state index >= 15 is 0 Å². The van der Waals surface area contributed by atoms with Crippen molar-refractivity contribution in [2.45, 2.75) is 71.3 Å². The topological polar surface area (TPSA) is 61.0 Å². The van der Waals surface area contributed by atoms with Crippen molar-refractivity contribution < 1.29 is 4.74 Å². The third kappa shape index (κ3) is 3.58. The quantitative estimate of drug-likeness (QED) is 0.846. The number of nitrogens with zero attached hydrogens (tertiary/aromatic N) is 2. The lowest BCUT2D eigenvalue weighted by Crippen LogP contribution is -2.18. The second-order valence-electron chi connectivity index (χ2n) is 5.78. The van der Waals surface area contributed by atoms with Crippen molar-refractivity contribution in [3.05, 3.63) is 11.4 Å². The van der Waals surface area contributed by atoms with E-state index in [9.17, 15) is 0 Å². The molecule has 1 saturated carbocycles. The van der Waals surface area contributed by atoms with Gasteiger partial charge in [0.05, 0.1) is 5.56 Å². The van der Waals surface area contributed by atoms with Gasteiger partial charge in [-0.05, 0) is 32.6 Å². The lowest BCUT2D eigenvalue weighted by atomic mass is 10.1. The molecule has 4 heteroatoms. The van der Waals surface area contributed by atoms with E-state index in [2.05, 4.69) is 23.8 Å². The molecule has 2 rings (SSSR count). The second-order valence-corrected chi connectivity index (χ2v) is 5.78. The molecular formula is C15H25N3O. The lowest BCUT2D eigenvalue weighted by Gasteiger charge is -2.19. The van der Waals surface area contributed by atoms with Crippen molar-refractivity contribution in [1.29, 1.82) is 0 Å². The van der Waals surface area contributed by atoms with Gasteiger partial charge in [-0.25, -0.2) is 4.98 Å². The van der Waals surface area contributed by atoms with Crippen molar-refractivity contribution in [3.63, 3.8) is 0 Å². The zero-order valence-corrected chi connectivity index (χ0v) is 12.3. The molecule has 0 bridgehead atoms. The fourth-order valence-corrected chi connectivity index (χ4v) is 2.42. The Hall–Kier alpha value is -1.32. The lowest BCUT2D eigenvalue weighted by molar-refractivity contribution is 0.174. The number of anilines is 1. The maximum absolute atomic E-state index is 6.11. The van der Waals surface area contributed by atoms with Crippen molar-refractivity contribution >= 4 is 5.82 Å². The molecular weight excluding hydrogens is 238 g/mol. The van der Waals surface area contributed by atoms with Gasteiger partial charge in [0.2, 0.25) is 5.88 Å². The molecule has 0 aromatic carbocycles. The molecule has 0 unspecified atom stereocenters. The van der Waals surface area contributed by atoms with Gasteiger partial charge in [-0.3, -0.25) is 0 Å². The van der Waals surface area contributed by atoms with Crippen molar-refractivity contribution in [2.24, 2.45) is 0 Å². The number of hydrogen-bond acceptors (Lipinski definition) is 4. The highest BCUT2D eigenvalue weighted by Gasteiger charge is 2.18. The Balaban J connectivity index is 2.18. The van der Waals surface area contributed by atoms with Gasteiger partial charge in [-0.15, -0.1) is 0 Å². The fourth-order valence-electron chi connectivity index (χ4n) is 2.42. The summed E-state index contributed by atoms with van der Waals surface area (Å²) in [5.41, 5.74) is 6.83. The summed E-state index contributed by atoms with van der Waals surface area (Å²) in [6, 6.07) is 0. The van der Waals surface area contributed by atoms with Crippen LogP contribution in [0.2, 0.25) is 0 Å². The minimum atomic E-state index is 0.263. The van der Waals surface area contributed by atoms with Crippen molar-refractivity contribution in [2.75, 3.05) is 5.73 Å². The van der Waals surface area contributed by atoms with Crippen LogP contribution in [0.1, 0.15) is 69.7 Å². The standard InChI is InChI=1S/C15H25N3O/c1-10(2)14-17-13(16)11(3)15(18-14)19-12-8-6-4-5-7-9-12/h10,12H,4-9H2,1-3H3,(H2,16,17,18). The number of hydrogen-bond donors (Lipinski definition) is 1. The van der Waals surface area contributed by atoms with E-state index in [0.29, 0.717) is 11.7 Å². The van der Waals surface area contributed by atoms with Gasteiger partial charge >= 0.3 is 0 Å². The van der Waals surface area contributed by atoms with E-state index in [1.165, 1.54) is 25.7 Å². The summed E-state index contributed by atoms with van der Waals surface area (Å²) in [6.45, 7) is 6.07. The molecule has 19 heavy (non-hydrogen) atoms. The highest BCUT2D eigenvalue weighted by molar-refractivity contribution is 5.44. The molecule has 0 amide bonds. The van der Waals surface area contributed by atoms with Crippen molar-refractivity contribution in [3.8, 4) is 5.88 Å². The first-order valence-corrected chi connectivity index (χ1v) is 7.38. The Morgan fingerprint density at radius 2 is 1.74 bits per heavy atom. The molecule has 1 heterocycles. The molecule has 106 valence electrons. The van der Waals surface area contributed by atoms with E-state index in [1.54, 1.807) is 0 Å². The van der Waals surface area contributed by atoms with Crippen LogP contribution in [0.3, 0.4) is 0 Å². The molecule has 1 aliphatic rings. The Morgan fingerprint density at radius 1 is 1.11 bits per heavy atom. The first-order valence-electron chi connectivity index (χ1n) is 7.38. The van der Waals surface area contributed by atoms with E-state index < -0.39 is 0 Å². The minimum Gasteiger partial charge on any atom is -0.474 e. The summed E-state index contributed by atoms with van der Waals surface area (Å²) in [7, 11) is 0. The molecule has 2 N–H and O–H groups in total. The summed E-state index contributed by atoms with van der Waals surface area (Å²) in [5.74, 6) is 2.26. The predicted molar refractivity (Wildman–Crippen MR) is 77.4 cm³/mol. The number of nitrogens with two attached hydrogens (primary N) is 1. The molecule has 1 aromatic rings. The fraction of sp³-hybridized carbons (Fsp3) is 0.733. The van der Waals surface area contributed by atoms with Gasteiger partial charge < -0.3 is 10.5 Å². The number of nitrogen functional groups attached to an aromatic ring is 1. The van der Waals surface area contributed by atoms with Crippen LogP contribution >= 0.6 is 0 Å². The van der Waals surface area contributed by atoms with Gasteiger partial charge in [-0.2, -0.15) is 4.98 Å². The normalized spacial score (nSPS) is 17.5. The van der Waals surface area contributed by atoms with Crippen LogP contribution < -0.4 is 10.5 Å². The Kier molecular flexibility index (Phi) is 4.61. The molecule has 1 aliphatic carbocycles. The molecule has 0 saturated heterocycles. The molecule has 1 fully saturated rings. The Bertz CT molecular complexity index is 424. The van der Waals surface area contributed by atoms with Crippen LogP contribution in [-0.4, -0.2) is 16.1 Å². The summed E-state index contributed by atoms with van der Waals surface area (Å²) in [4.78, 5) is 8.88. The molecule has 0 atom stereocenters. The summed E-state index contributed by atoms with van der Waals surface area (Å²) in [5, 5.41) is 0. The van der Waals surface area contributed by atoms with E-state index in [4.69, 9.17) is 10.5 Å². The maximum Gasteiger partial charge on any atom is 0.222 e. The molecule has 4 nitrogen and oxygen atoms in total. The third-order valence-corrected chi connectivity index (χ3v) is 3.75. The average Bonchev–Trinajstić information content (AvgIpc) is 2.63. The summed E-state index contributed by atoms with van der Waals surface area (Å²) >= 11 is 0. The van der Waals surface area contributed by atoms with Crippen LogP contribution in [0.25, 0.3) is 0 Å². The minimum absolute atomic E-state index is 0.263. The van der Waals surface area contributed by atoms with E-state index in [0.717, 1.165) is 24.2 Å². The summed E-state index contributed by atoms with van der Waals surface area (Å²) < 4.78 is 6.11. The van der Waals surface area contributed by atoms with Gasteiger partial charge in [0.15, 0.2) is 0 Å². The van der Waals surface area contributed by atoms with E-state index in [-0.39, 0.29) is 12.0 Å². The largest absolute Gasteiger partial charge is 0.474 e. The summed E-state index contributed by atoms with van der Waals surface area (Å²) in [6.07, 6.45) is 7.68. The van der Waals surface area contributed by atoms with E-state index in [1.807, 2.05) is 6.92 Å². The zero-order valence-electron chi connectivity index (χ0n) is 12.3. The van der Waals surface area contributed by atoms with Crippen molar-refractivity contribution in [1.82, 2.24) is 9.97 Å². The number of aromatic nitrogens is 2. The first-order chi connectivity index (χ1) is 9.08. The zero-order chi connectivity index (χ0) is 13.8. The van der Waals surface area contributed by atoms with Crippen LogP contribution in [0, 0.1) is 6.92 Å². The number of rotatable bonds is 3. The molecule has 0 spiro atoms. The predicted octanol–water partition coefficient (Wildman–Crippen LogP) is 3.59. The number of ether oxygens (including phenoxy) is 1. The SMILES string of the molecule is Cc1c(N)nc(C(C)C)nc1OC1CCCCCC1. The Morgan fingerprint density at radius 3 is 2.32 bits per heavy atom. The third-order valence-electron chi connectivity index (χ3n) is 3.75. The van der Waals surface area contributed by atoms with Gasteiger partial charge in [0.1, 0.15) is 17.7 Å². The second kappa shape index (κ2) is 6.22. The van der Waals surface area contributed by atoms with Crippen LogP contribution in [0.4, 0.5) is 5.82 Å². The molecule has 0 radical (unpaired) electrons. The van der Waals surface area contributed by atoms with Gasteiger partial charge in [-0.1, -0.05) is 26.7 Å². The smallest absolute Gasteiger partial charge is 0.222 e. The highest BCUT2D eigenvalue weighted by atomic mass is 16.5. The van der Waals surface area contributed by atoms with Crippen LogP contribution in [0.15, 0.2) is 0 Å². The van der Waals surface area contributed by atoms with Gasteiger partial charge in [0, 0.05) is 5.92 Å². The maximum atomic E-state index is 6.11. The van der Waals surface area contributed by atoms with Gasteiger partial charge in [0.25, 0.3) is 0 Å². The monoisotopic (exact) mass is 263 g/mol. The average molecular weight is 263 g/mol. The van der Waals surface area contributed by atoms with Crippen LogP contribution in [-0.2, 0) is 0 Å². The highest BCUT2D eigenvalue weighted by Crippen LogP contribution is 2.27. The molecule has 1 aromatic heterocycles. The molecule has 0 aliphatic heterocycles.